The molecule has 54 valence electrons. The molecule has 0 unspecified atom stereocenters. The SMILES string of the molecule is NC(=O)c1cnc(CF)o1. The third-order valence-corrected chi connectivity index (χ3v) is 0.911. The number of carbonyl (C=O) groups is 1. The second-order valence-corrected chi connectivity index (χ2v) is 1.62. The molecule has 0 bridgehead atoms. The van der Waals surface area contributed by atoms with Gasteiger partial charge in [0.1, 0.15) is 0 Å². The van der Waals surface area contributed by atoms with Crippen molar-refractivity contribution in [1.29, 1.82) is 0 Å². The predicted molar refractivity (Wildman–Crippen MR) is 29.8 cm³/mol. The van der Waals surface area contributed by atoms with Crippen molar-refractivity contribution in [2.75, 3.05) is 0 Å². The van der Waals surface area contributed by atoms with Crippen LogP contribution in [-0.4, -0.2) is 10.9 Å². The molecule has 0 aliphatic rings. The van der Waals surface area contributed by atoms with Crippen LogP contribution in [-0.2, 0) is 6.67 Å². The number of aromatic nitrogens is 1. The minimum atomic E-state index is -0.826. The van der Waals surface area contributed by atoms with Gasteiger partial charge < -0.3 is 10.2 Å². The maximum atomic E-state index is 11.7. The molecule has 0 saturated heterocycles. The molecule has 5 heteroatoms. The van der Waals surface area contributed by atoms with Gasteiger partial charge in [-0.25, -0.2) is 9.37 Å². The van der Waals surface area contributed by atoms with Gasteiger partial charge in [-0.3, -0.25) is 4.79 Å². The molecule has 0 aliphatic heterocycles. The number of rotatable bonds is 2. The van der Waals surface area contributed by atoms with E-state index in [1.165, 1.54) is 0 Å². The van der Waals surface area contributed by atoms with Crippen molar-refractivity contribution in [2.45, 2.75) is 6.67 Å². The summed E-state index contributed by atoms with van der Waals surface area (Å²) in [6.07, 6.45) is 1.09. The van der Waals surface area contributed by atoms with E-state index in [-0.39, 0.29) is 11.7 Å². The largest absolute Gasteiger partial charge is 0.433 e. The van der Waals surface area contributed by atoms with Gasteiger partial charge in [0.2, 0.25) is 11.7 Å². The van der Waals surface area contributed by atoms with Crippen LogP contribution >= 0.6 is 0 Å². The highest BCUT2D eigenvalue weighted by Gasteiger charge is 2.06. The quantitative estimate of drug-likeness (QED) is 0.646. The summed E-state index contributed by atoms with van der Waals surface area (Å²) in [5.41, 5.74) is 4.79. The fourth-order valence-corrected chi connectivity index (χ4v) is 0.486. The normalized spacial score (nSPS) is 9.70. The van der Waals surface area contributed by atoms with E-state index in [2.05, 4.69) is 9.40 Å². The number of amides is 1. The van der Waals surface area contributed by atoms with Crippen LogP contribution in [0.25, 0.3) is 0 Å². The number of oxazole rings is 1. The number of nitrogens with zero attached hydrogens (tertiary/aromatic N) is 1. The number of halogens is 1. The van der Waals surface area contributed by atoms with E-state index in [9.17, 15) is 9.18 Å². The second kappa shape index (κ2) is 2.47. The summed E-state index contributed by atoms with van der Waals surface area (Å²) in [5, 5.41) is 0. The van der Waals surface area contributed by atoms with Crippen LogP contribution < -0.4 is 5.73 Å². The summed E-state index contributed by atoms with van der Waals surface area (Å²) < 4.78 is 16.2. The Morgan fingerprint density at radius 1 is 1.90 bits per heavy atom. The van der Waals surface area contributed by atoms with Crippen LogP contribution in [0.5, 0.6) is 0 Å². The zero-order valence-corrected chi connectivity index (χ0v) is 5.00. The Labute approximate surface area is 55.8 Å². The fraction of sp³-hybridized carbons (Fsp3) is 0.200. The molecule has 1 heterocycles. The van der Waals surface area contributed by atoms with E-state index in [1.807, 2.05) is 0 Å². The lowest BCUT2D eigenvalue weighted by Crippen LogP contribution is -2.09. The first-order valence-electron chi connectivity index (χ1n) is 2.54. The van der Waals surface area contributed by atoms with Crippen molar-refractivity contribution in [1.82, 2.24) is 4.98 Å². The van der Waals surface area contributed by atoms with Gasteiger partial charge in [-0.15, -0.1) is 0 Å². The van der Waals surface area contributed by atoms with Gasteiger partial charge in [0.25, 0.3) is 5.91 Å². The van der Waals surface area contributed by atoms with Gasteiger partial charge in [0.15, 0.2) is 6.67 Å². The van der Waals surface area contributed by atoms with Gasteiger partial charge in [-0.1, -0.05) is 0 Å². The lowest BCUT2D eigenvalue weighted by Gasteiger charge is -1.82. The Morgan fingerprint density at radius 2 is 2.60 bits per heavy atom. The zero-order chi connectivity index (χ0) is 7.56. The first-order chi connectivity index (χ1) is 4.74. The molecule has 0 aromatic carbocycles. The number of alkyl halides is 1. The van der Waals surface area contributed by atoms with Crippen LogP contribution in [0.4, 0.5) is 4.39 Å². The molecule has 0 saturated carbocycles. The lowest BCUT2D eigenvalue weighted by atomic mass is 10.5. The summed E-state index contributed by atoms with van der Waals surface area (Å²) in [7, 11) is 0. The van der Waals surface area contributed by atoms with Crippen molar-refractivity contribution in [3.05, 3.63) is 17.8 Å². The van der Waals surface area contributed by atoms with Gasteiger partial charge in [0.05, 0.1) is 6.20 Å². The van der Waals surface area contributed by atoms with Gasteiger partial charge in [-0.05, 0) is 0 Å². The number of hydrogen-bond donors (Lipinski definition) is 1. The minimum absolute atomic E-state index is 0.118. The number of carbonyl (C=O) groups excluding carboxylic acids is 1. The maximum absolute atomic E-state index is 11.7. The highest BCUT2D eigenvalue weighted by molar-refractivity contribution is 5.89. The zero-order valence-electron chi connectivity index (χ0n) is 5.00. The van der Waals surface area contributed by atoms with E-state index in [0.717, 1.165) is 6.20 Å². The van der Waals surface area contributed by atoms with Crippen LogP contribution in [0.15, 0.2) is 10.6 Å². The van der Waals surface area contributed by atoms with Crippen LogP contribution in [0.1, 0.15) is 16.4 Å². The van der Waals surface area contributed by atoms with Crippen LogP contribution in [0, 0.1) is 0 Å². The molecular formula is C5H5FN2O2. The summed E-state index contributed by atoms with van der Waals surface area (Å²) >= 11 is 0. The van der Waals surface area contributed by atoms with E-state index in [1.54, 1.807) is 0 Å². The first-order valence-corrected chi connectivity index (χ1v) is 2.54. The van der Waals surface area contributed by atoms with Crippen molar-refractivity contribution in [3.63, 3.8) is 0 Å². The molecular weight excluding hydrogens is 139 g/mol. The summed E-state index contributed by atoms with van der Waals surface area (Å²) in [5.74, 6) is -0.992. The molecule has 1 amide bonds. The van der Waals surface area contributed by atoms with Crippen molar-refractivity contribution < 1.29 is 13.6 Å². The number of primary amides is 1. The molecule has 1 aromatic heterocycles. The Bertz CT molecular complexity index is 246. The highest BCUT2D eigenvalue weighted by Crippen LogP contribution is 2.02. The number of nitrogens with two attached hydrogens (primary N) is 1. The number of hydrogen-bond acceptors (Lipinski definition) is 3. The average molecular weight is 144 g/mol. The van der Waals surface area contributed by atoms with E-state index >= 15 is 0 Å². The third kappa shape index (κ3) is 1.12. The molecule has 0 radical (unpaired) electrons. The molecule has 0 atom stereocenters. The molecule has 0 aliphatic carbocycles. The highest BCUT2D eigenvalue weighted by atomic mass is 19.1. The van der Waals surface area contributed by atoms with Gasteiger partial charge >= 0.3 is 0 Å². The topological polar surface area (TPSA) is 69.1 Å². The Kier molecular flexibility index (Phi) is 1.66. The van der Waals surface area contributed by atoms with Crippen molar-refractivity contribution in [3.8, 4) is 0 Å². The summed E-state index contributed by atoms with van der Waals surface area (Å²) in [6, 6.07) is 0. The standard InChI is InChI=1S/C5H5FN2O2/c6-1-4-8-2-3(10-4)5(7)9/h2H,1H2,(H2,7,9). The summed E-state index contributed by atoms with van der Waals surface area (Å²) in [6.45, 7) is -0.826. The average Bonchev–Trinajstić information content (AvgIpc) is 2.34. The molecule has 1 rings (SSSR count). The molecule has 0 fully saturated rings. The Balaban J connectivity index is 2.88. The van der Waals surface area contributed by atoms with Gasteiger partial charge in [-0.2, -0.15) is 0 Å². The predicted octanol–water partition coefficient (Wildman–Crippen LogP) is 0.243. The van der Waals surface area contributed by atoms with Crippen molar-refractivity contribution >= 4 is 5.91 Å². The van der Waals surface area contributed by atoms with Crippen LogP contribution in [0.3, 0.4) is 0 Å². The van der Waals surface area contributed by atoms with Gasteiger partial charge in [0, 0.05) is 0 Å². The maximum Gasteiger partial charge on any atom is 0.286 e. The Hall–Kier alpha value is -1.39. The monoisotopic (exact) mass is 144 g/mol. The van der Waals surface area contributed by atoms with Crippen molar-refractivity contribution in [2.24, 2.45) is 5.73 Å². The molecule has 4 nitrogen and oxygen atoms in total. The second-order valence-electron chi connectivity index (χ2n) is 1.62. The Morgan fingerprint density at radius 3 is 2.90 bits per heavy atom. The molecule has 10 heavy (non-hydrogen) atoms. The fourth-order valence-electron chi connectivity index (χ4n) is 0.486. The molecule has 1 aromatic rings. The smallest absolute Gasteiger partial charge is 0.286 e. The molecule has 2 N–H and O–H groups in total. The van der Waals surface area contributed by atoms with E-state index in [0.29, 0.717) is 0 Å². The van der Waals surface area contributed by atoms with Crippen LogP contribution in [0.2, 0.25) is 0 Å². The lowest BCUT2D eigenvalue weighted by molar-refractivity contribution is 0.0971. The third-order valence-electron chi connectivity index (χ3n) is 0.911. The molecule has 0 spiro atoms. The minimum Gasteiger partial charge on any atom is -0.433 e. The first kappa shape index (κ1) is 6.73. The van der Waals surface area contributed by atoms with E-state index in [4.69, 9.17) is 5.73 Å². The van der Waals surface area contributed by atoms with E-state index < -0.39 is 12.6 Å². The summed E-state index contributed by atoms with van der Waals surface area (Å²) in [4.78, 5) is 13.7.